The fraction of sp³-hybridized carbons (Fsp3) is 0.941. The van der Waals surface area contributed by atoms with Crippen molar-refractivity contribution < 1.29 is 8.42 Å². The van der Waals surface area contributed by atoms with Gasteiger partial charge in [0.25, 0.3) is 0 Å². The number of sulfonamides is 1. The van der Waals surface area contributed by atoms with Crippen molar-refractivity contribution in [2.75, 3.05) is 25.4 Å². The second-order valence-electron chi connectivity index (χ2n) is 7.34. The third kappa shape index (κ3) is 6.97. The van der Waals surface area contributed by atoms with Gasteiger partial charge in [-0.1, -0.05) is 26.2 Å². The van der Waals surface area contributed by atoms with Crippen molar-refractivity contribution in [3.05, 3.63) is 0 Å². The van der Waals surface area contributed by atoms with Crippen LogP contribution in [0.1, 0.15) is 58.8 Å². The number of nitrogens with zero attached hydrogens (tertiary/aromatic N) is 1. The molecule has 0 bridgehead atoms. The molecule has 2 fully saturated rings. The van der Waals surface area contributed by atoms with E-state index in [0.29, 0.717) is 18.5 Å². The number of aliphatic imine (C=N–C) groups is 1. The molecule has 24 heavy (non-hydrogen) atoms. The summed E-state index contributed by atoms with van der Waals surface area (Å²) in [5.41, 5.74) is 0. The zero-order valence-corrected chi connectivity index (χ0v) is 16.0. The lowest BCUT2D eigenvalue weighted by molar-refractivity contribution is 0.316. The molecule has 7 heteroatoms. The topological polar surface area (TPSA) is 82.6 Å². The minimum absolute atomic E-state index is 0.0529. The minimum Gasteiger partial charge on any atom is -0.357 e. The molecule has 140 valence electrons. The van der Waals surface area contributed by atoms with Crippen molar-refractivity contribution >= 4 is 16.0 Å². The average Bonchev–Trinajstić information content (AvgIpc) is 2.45. The lowest BCUT2D eigenvalue weighted by Crippen LogP contribution is -2.45. The van der Waals surface area contributed by atoms with E-state index in [1.807, 2.05) is 6.92 Å². The van der Waals surface area contributed by atoms with Gasteiger partial charge >= 0.3 is 0 Å². The van der Waals surface area contributed by atoms with Crippen LogP contribution >= 0.6 is 0 Å². The van der Waals surface area contributed by atoms with Gasteiger partial charge in [-0.3, -0.25) is 4.99 Å². The molecule has 0 aromatic heterocycles. The van der Waals surface area contributed by atoms with Gasteiger partial charge in [0.1, 0.15) is 0 Å². The quantitative estimate of drug-likeness (QED) is 0.457. The molecular weight excluding hydrogens is 324 g/mol. The van der Waals surface area contributed by atoms with Crippen molar-refractivity contribution in [3.63, 3.8) is 0 Å². The van der Waals surface area contributed by atoms with Gasteiger partial charge in [0, 0.05) is 19.1 Å². The standard InChI is InChI=1S/C17H34N4O2S/c1-3-18-17(21-16-9-4-6-14(2)12-16)19-10-11-24(22,23)20-13-15-7-5-8-15/h14-16,20H,3-13H2,1-2H3,(H2,18,19,21). The van der Waals surface area contributed by atoms with E-state index in [1.165, 1.54) is 19.3 Å². The first-order chi connectivity index (χ1) is 11.5. The number of hydrogen-bond donors (Lipinski definition) is 3. The molecule has 3 N–H and O–H groups in total. The van der Waals surface area contributed by atoms with Crippen molar-refractivity contribution in [1.82, 2.24) is 15.4 Å². The van der Waals surface area contributed by atoms with Gasteiger partial charge in [-0.15, -0.1) is 0 Å². The molecule has 2 unspecified atom stereocenters. The van der Waals surface area contributed by atoms with Gasteiger partial charge in [-0.25, -0.2) is 13.1 Å². The van der Waals surface area contributed by atoms with E-state index in [9.17, 15) is 8.42 Å². The largest absolute Gasteiger partial charge is 0.357 e. The lowest BCUT2D eigenvalue weighted by Gasteiger charge is -2.28. The van der Waals surface area contributed by atoms with Crippen molar-refractivity contribution in [2.45, 2.75) is 64.8 Å². The number of hydrogen-bond acceptors (Lipinski definition) is 3. The zero-order valence-electron chi connectivity index (χ0n) is 15.2. The third-order valence-corrected chi connectivity index (χ3v) is 6.39. The van der Waals surface area contributed by atoms with Crippen molar-refractivity contribution in [1.29, 1.82) is 0 Å². The Morgan fingerprint density at radius 2 is 1.92 bits per heavy atom. The Kier molecular flexibility index (Phi) is 7.81. The van der Waals surface area contributed by atoms with Gasteiger partial charge in [-0.05, 0) is 44.4 Å². The van der Waals surface area contributed by atoms with Gasteiger partial charge < -0.3 is 10.6 Å². The molecule has 0 heterocycles. The molecule has 2 rings (SSSR count). The lowest BCUT2D eigenvalue weighted by atomic mass is 9.86. The normalized spacial score (nSPS) is 26.0. The van der Waals surface area contributed by atoms with E-state index >= 15 is 0 Å². The van der Waals surface area contributed by atoms with Crippen LogP contribution in [0.2, 0.25) is 0 Å². The van der Waals surface area contributed by atoms with E-state index in [0.717, 1.165) is 44.1 Å². The Hall–Kier alpha value is -0.820. The molecular formula is C17H34N4O2S. The van der Waals surface area contributed by atoms with Gasteiger partial charge in [0.05, 0.1) is 12.3 Å². The van der Waals surface area contributed by atoms with E-state index in [4.69, 9.17) is 0 Å². The van der Waals surface area contributed by atoms with Crippen molar-refractivity contribution in [3.8, 4) is 0 Å². The molecule has 2 saturated carbocycles. The van der Waals surface area contributed by atoms with E-state index in [2.05, 4.69) is 27.3 Å². The summed E-state index contributed by atoms with van der Waals surface area (Å²) in [4.78, 5) is 4.45. The fourth-order valence-corrected chi connectivity index (χ4v) is 4.34. The Labute approximate surface area is 147 Å². The number of nitrogens with one attached hydrogen (secondary N) is 3. The Morgan fingerprint density at radius 3 is 2.54 bits per heavy atom. The summed E-state index contributed by atoms with van der Waals surface area (Å²) in [6.45, 7) is 5.97. The minimum atomic E-state index is -3.22. The van der Waals surface area contributed by atoms with Crippen LogP contribution in [-0.4, -0.2) is 45.8 Å². The first-order valence-electron chi connectivity index (χ1n) is 9.50. The zero-order chi connectivity index (χ0) is 17.4. The number of rotatable bonds is 8. The van der Waals surface area contributed by atoms with E-state index in [1.54, 1.807) is 0 Å². The summed E-state index contributed by atoms with van der Waals surface area (Å²) in [7, 11) is -3.22. The molecule has 0 radical (unpaired) electrons. The van der Waals surface area contributed by atoms with Crippen LogP contribution in [-0.2, 0) is 10.0 Å². The second kappa shape index (κ2) is 9.61. The maximum Gasteiger partial charge on any atom is 0.213 e. The average molecular weight is 359 g/mol. The van der Waals surface area contributed by atoms with Crippen molar-refractivity contribution in [2.24, 2.45) is 16.8 Å². The van der Waals surface area contributed by atoms with E-state index < -0.39 is 10.0 Å². The van der Waals surface area contributed by atoms with Gasteiger partial charge in [0.15, 0.2) is 5.96 Å². The van der Waals surface area contributed by atoms with E-state index in [-0.39, 0.29) is 12.3 Å². The highest BCUT2D eigenvalue weighted by atomic mass is 32.2. The molecule has 0 saturated heterocycles. The first-order valence-corrected chi connectivity index (χ1v) is 11.2. The second-order valence-corrected chi connectivity index (χ2v) is 9.26. The summed E-state index contributed by atoms with van der Waals surface area (Å²) in [5.74, 6) is 2.08. The summed E-state index contributed by atoms with van der Waals surface area (Å²) in [5, 5.41) is 6.69. The SMILES string of the molecule is CCNC(=NCCS(=O)(=O)NCC1CCC1)NC1CCCC(C)C1. The fourth-order valence-electron chi connectivity index (χ4n) is 3.37. The maximum atomic E-state index is 12.0. The van der Waals surface area contributed by atoms with Crippen LogP contribution in [0, 0.1) is 11.8 Å². The summed E-state index contributed by atoms with van der Waals surface area (Å²) in [6.07, 6.45) is 8.40. The maximum absolute atomic E-state index is 12.0. The molecule has 6 nitrogen and oxygen atoms in total. The van der Waals surface area contributed by atoms with Gasteiger partial charge in [-0.2, -0.15) is 0 Å². The Bertz CT molecular complexity index is 503. The van der Waals surface area contributed by atoms with Gasteiger partial charge in [0.2, 0.25) is 10.0 Å². The van der Waals surface area contributed by atoms with Crippen LogP contribution in [0.4, 0.5) is 0 Å². The highest BCUT2D eigenvalue weighted by molar-refractivity contribution is 7.89. The molecule has 2 atom stereocenters. The van der Waals surface area contributed by atoms with Crippen LogP contribution in [0.15, 0.2) is 4.99 Å². The molecule has 0 amide bonds. The Balaban J connectivity index is 1.76. The summed E-state index contributed by atoms with van der Waals surface area (Å²) < 4.78 is 26.8. The third-order valence-electron chi connectivity index (χ3n) is 5.07. The molecule has 0 spiro atoms. The summed E-state index contributed by atoms with van der Waals surface area (Å²) >= 11 is 0. The van der Waals surface area contributed by atoms with Crippen LogP contribution in [0.5, 0.6) is 0 Å². The van der Waals surface area contributed by atoms with Crippen LogP contribution < -0.4 is 15.4 Å². The monoisotopic (exact) mass is 358 g/mol. The van der Waals surface area contributed by atoms with Crippen LogP contribution in [0.25, 0.3) is 0 Å². The Morgan fingerprint density at radius 1 is 1.17 bits per heavy atom. The predicted octanol–water partition coefficient (Wildman–Crippen LogP) is 1.84. The molecule has 2 aliphatic rings. The highest BCUT2D eigenvalue weighted by Crippen LogP contribution is 2.25. The van der Waals surface area contributed by atoms with Crippen LogP contribution in [0.3, 0.4) is 0 Å². The number of guanidine groups is 1. The first kappa shape index (κ1) is 19.5. The summed E-state index contributed by atoms with van der Waals surface area (Å²) in [6, 6.07) is 0.444. The highest BCUT2D eigenvalue weighted by Gasteiger charge is 2.21. The molecule has 0 aliphatic heterocycles. The molecule has 0 aromatic carbocycles. The molecule has 0 aromatic rings. The predicted molar refractivity (Wildman–Crippen MR) is 99.7 cm³/mol. The molecule has 2 aliphatic carbocycles. The smallest absolute Gasteiger partial charge is 0.213 e.